The van der Waals surface area contributed by atoms with E-state index in [2.05, 4.69) is 0 Å². The first kappa shape index (κ1) is 18.0. The Labute approximate surface area is 136 Å². The minimum absolute atomic E-state index is 0.0278. The van der Waals surface area contributed by atoms with Crippen molar-refractivity contribution < 1.29 is 27.4 Å². The molecule has 0 N–H and O–H groups in total. The van der Waals surface area contributed by atoms with Crippen LogP contribution in [0, 0.1) is 0 Å². The molecular formula is C16H17F3O3S. The molecule has 7 heteroatoms. The van der Waals surface area contributed by atoms with E-state index in [0.29, 0.717) is 18.6 Å². The standard InChI is InChI=1S/C16H17F3O3S/c1-10(15-21-8-7-14(22-15)23-11(2)20)9-12-3-5-13(6-4-12)16(17,18)19/h3-6,9,14-15H,7-8H2,1-2H3/b10-9+/t14-,15-/m1/s1. The summed E-state index contributed by atoms with van der Waals surface area (Å²) in [7, 11) is 0. The largest absolute Gasteiger partial charge is 0.416 e. The Hall–Kier alpha value is -1.31. The van der Waals surface area contributed by atoms with Gasteiger partial charge in [-0.15, -0.1) is 0 Å². The van der Waals surface area contributed by atoms with Gasteiger partial charge in [-0.3, -0.25) is 4.79 Å². The third kappa shape index (κ3) is 5.37. The van der Waals surface area contributed by atoms with E-state index in [4.69, 9.17) is 9.47 Å². The fourth-order valence-corrected chi connectivity index (χ4v) is 2.87. The molecule has 0 spiro atoms. The van der Waals surface area contributed by atoms with Crippen molar-refractivity contribution in [3.05, 3.63) is 41.0 Å². The Kier molecular flexibility index (Phi) is 5.89. The molecule has 2 rings (SSSR count). The van der Waals surface area contributed by atoms with E-state index in [-0.39, 0.29) is 10.6 Å². The van der Waals surface area contributed by atoms with Crippen molar-refractivity contribution >= 4 is 23.0 Å². The van der Waals surface area contributed by atoms with Gasteiger partial charge < -0.3 is 9.47 Å². The molecule has 3 nitrogen and oxygen atoms in total. The minimum Gasteiger partial charge on any atom is -0.349 e. The lowest BCUT2D eigenvalue weighted by Crippen LogP contribution is -2.31. The number of hydrogen-bond donors (Lipinski definition) is 0. The van der Waals surface area contributed by atoms with Crippen molar-refractivity contribution in [1.29, 1.82) is 0 Å². The maximum Gasteiger partial charge on any atom is 0.416 e. The molecule has 0 amide bonds. The molecule has 0 aliphatic carbocycles. The summed E-state index contributed by atoms with van der Waals surface area (Å²) in [4.78, 5) is 11.1. The first-order valence-electron chi connectivity index (χ1n) is 7.05. The van der Waals surface area contributed by atoms with Crippen LogP contribution in [0.5, 0.6) is 0 Å². The van der Waals surface area contributed by atoms with Gasteiger partial charge in [-0.05, 0) is 30.2 Å². The quantitative estimate of drug-likeness (QED) is 0.808. The molecule has 1 heterocycles. The van der Waals surface area contributed by atoms with Gasteiger partial charge in [-0.1, -0.05) is 30.0 Å². The summed E-state index contributed by atoms with van der Waals surface area (Å²) in [6.45, 7) is 3.72. The van der Waals surface area contributed by atoms with Gasteiger partial charge in [0.1, 0.15) is 5.44 Å². The SMILES string of the molecule is CC(=O)S[C@@H]1CCO[C@@H](/C(C)=C/c2ccc(C(F)(F)F)cc2)O1. The topological polar surface area (TPSA) is 35.5 Å². The number of thioether (sulfide) groups is 1. The lowest BCUT2D eigenvalue weighted by molar-refractivity contribution is -0.166. The van der Waals surface area contributed by atoms with Crippen LogP contribution in [0.15, 0.2) is 29.8 Å². The molecule has 126 valence electrons. The van der Waals surface area contributed by atoms with Crippen LogP contribution in [-0.2, 0) is 20.4 Å². The van der Waals surface area contributed by atoms with E-state index in [1.807, 2.05) is 0 Å². The summed E-state index contributed by atoms with van der Waals surface area (Å²) in [5.41, 5.74) is 0.417. The third-order valence-corrected chi connectivity index (χ3v) is 4.14. The van der Waals surface area contributed by atoms with Gasteiger partial charge in [0.15, 0.2) is 11.4 Å². The van der Waals surface area contributed by atoms with E-state index in [9.17, 15) is 18.0 Å². The molecule has 2 atom stereocenters. The zero-order valence-electron chi connectivity index (χ0n) is 12.7. The molecule has 1 aromatic rings. The van der Waals surface area contributed by atoms with Gasteiger partial charge in [-0.2, -0.15) is 13.2 Å². The highest BCUT2D eigenvalue weighted by molar-refractivity contribution is 8.13. The van der Waals surface area contributed by atoms with Crippen LogP contribution < -0.4 is 0 Å². The minimum atomic E-state index is -4.34. The maximum atomic E-state index is 12.5. The number of carbonyl (C=O) groups excluding carboxylic acids is 1. The number of carbonyl (C=O) groups is 1. The van der Waals surface area contributed by atoms with E-state index in [1.165, 1.54) is 19.1 Å². The van der Waals surface area contributed by atoms with E-state index in [0.717, 1.165) is 29.5 Å². The smallest absolute Gasteiger partial charge is 0.349 e. The molecule has 1 aliphatic rings. The fourth-order valence-electron chi connectivity index (χ4n) is 2.13. The van der Waals surface area contributed by atoms with Crippen LogP contribution in [0.3, 0.4) is 0 Å². The average Bonchev–Trinajstić information content (AvgIpc) is 2.46. The third-order valence-electron chi connectivity index (χ3n) is 3.20. The molecule has 1 saturated heterocycles. The summed E-state index contributed by atoms with van der Waals surface area (Å²) < 4.78 is 48.8. The first-order chi connectivity index (χ1) is 10.8. The fraction of sp³-hybridized carbons (Fsp3) is 0.438. The van der Waals surface area contributed by atoms with Crippen LogP contribution in [0.2, 0.25) is 0 Å². The summed E-state index contributed by atoms with van der Waals surface area (Å²) in [5.74, 6) is 0. The Morgan fingerprint density at radius 1 is 1.26 bits per heavy atom. The molecule has 0 bridgehead atoms. The highest BCUT2D eigenvalue weighted by atomic mass is 32.2. The zero-order valence-corrected chi connectivity index (χ0v) is 13.5. The lowest BCUT2D eigenvalue weighted by atomic mass is 10.1. The predicted molar refractivity (Wildman–Crippen MR) is 82.6 cm³/mol. The van der Waals surface area contributed by atoms with Gasteiger partial charge in [0.05, 0.1) is 12.2 Å². The van der Waals surface area contributed by atoms with Crippen molar-refractivity contribution in [1.82, 2.24) is 0 Å². The van der Waals surface area contributed by atoms with Crippen LogP contribution in [0.25, 0.3) is 6.08 Å². The number of halogens is 3. The molecule has 0 aromatic heterocycles. The second-order valence-corrected chi connectivity index (χ2v) is 6.51. The first-order valence-corrected chi connectivity index (χ1v) is 7.93. The number of ether oxygens (including phenoxy) is 2. The van der Waals surface area contributed by atoms with Crippen molar-refractivity contribution in [2.75, 3.05) is 6.61 Å². The van der Waals surface area contributed by atoms with Gasteiger partial charge >= 0.3 is 6.18 Å². The van der Waals surface area contributed by atoms with Crippen molar-refractivity contribution in [3.8, 4) is 0 Å². The van der Waals surface area contributed by atoms with Crippen LogP contribution >= 0.6 is 11.8 Å². The Balaban J connectivity index is 2.05. The summed E-state index contributed by atoms with van der Waals surface area (Å²) >= 11 is 1.11. The van der Waals surface area contributed by atoms with Crippen molar-refractivity contribution in [2.24, 2.45) is 0 Å². The lowest BCUT2D eigenvalue weighted by Gasteiger charge is -2.29. The molecule has 0 unspecified atom stereocenters. The highest BCUT2D eigenvalue weighted by Crippen LogP contribution is 2.30. The Bertz CT molecular complexity index is 581. The van der Waals surface area contributed by atoms with Crippen LogP contribution in [0.1, 0.15) is 31.4 Å². The molecule has 1 fully saturated rings. The number of hydrogen-bond acceptors (Lipinski definition) is 4. The normalized spacial score (nSPS) is 22.9. The Morgan fingerprint density at radius 2 is 1.91 bits per heavy atom. The van der Waals surface area contributed by atoms with Crippen molar-refractivity contribution in [3.63, 3.8) is 0 Å². The van der Waals surface area contributed by atoms with Crippen molar-refractivity contribution in [2.45, 2.75) is 38.2 Å². The predicted octanol–water partition coefficient (Wildman–Crippen LogP) is 4.48. The monoisotopic (exact) mass is 346 g/mol. The van der Waals surface area contributed by atoms with E-state index in [1.54, 1.807) is 13.0 Å². The second-order valence-electron chi connectivity index (χ2n) is 5.17. The molecule has 0 radical (unpaired) electrons. The van der Waals surface area contributed by atoms with Gasteiger partial charge in [-0.25, -0.2) is 0 Å². The number of rotatable bonds is 3. The Morgan fingerprint density at radius 3 is 2.48 bits per heavy atom. The van der Waals surface area contributed by atoms with Crippen LogP contribution in [-0.4, -0.2) is 23.4 Å². The summed E-state index contributed by atoms with van der Waals surface area (Å²) in [6.07, 6.45) is -2.60. The molecule has 1 aliphatic heterocycles. The highest BCUT2D eigenvalue weighted by Gasteiger charge is 2.30. The van der Waals surface area contributed by atoms with Gasteiger partial charge in [0, 0.05) is 13.3 Å². The second kappa shape index (κ2) is 7.51. The molecule has 23 heavy (non-hydrogen) atoms. The zero-order chi connectivity index (χ0) is 17.0. The maximum absolute atomic E-state index is 12.5. The number of benzene rings is 1. The van der Waals surface area contributed by atoms with Gasteiger partial charge in [0.25, 0.3) is 0 Å². The molecular weight excluding hydrogens is 329 g/mol. The summed E-state index contributed by atoms with van der Waals surface area (Å²) in [6, 6.07) is 4.88. The molecule has 0 saturated carbocycles. The van der Waals surface area contributed by atoms with E-state index >= 15 is 0 Å². The molecule has 1 aromatic carbocycles. The van der Waals surface area contributed by atoms with Gasteiger partial charge in [0.2, 0.25) is 0 Å². The number of alkyl halides is 3. The van der Waals surface area contributed by atoms with Crippen LogP contribution in [0.4, 0.5) is 13.2 Å². The van der Waals surface area contributed by atoms with E-state index < -0.39 is 18.0 Å². The summed E-state index contributed by atoms with van der Waals surface area (Å²) in [5, 5.41) is -0.0278. The average molecular weight is 346 g/mol.